The standard InChI is InChI=1S/C6H15BO4/c1-2-3-4-5-10-6-11-7(8)9/h8-9H,2-6H2,1H3. The van der Waals surface area contributed by atoms with Gasteiger partial charge < -0.3 is 19.4 Å². The minimum absolute atomic E-state index is 0.0542. The van der Waals surface area contributed by atoms with Crippen molar-refractivity contribution in [2.75, 3.05) is 13.4 Å². The first-order valence-electron chi connectivity index (χ1n) is 3.83. The summed E-state index contributed by atoms with van der Waals surface area (Å²) < 4.78 is 9.22. The van der Waals surface area contributed by atoms with Crippen LogP contribution in [0.3, 0.4) is 0 Å². The van der Waals surface area contributed by atoms with E-state index in [0.29, 0.717) is 6.61 Å². The Bertz CT molecular complexity index is 79.0. The third-order valence-electron chi connectivity index (χ3n) is 1.19. The van der Waals surface area contributed by atoms with Crippen molar-refractivity contribution >= 4 is 7.32 Å². The van der Waals surface area contributed by atoms with Crippen LogP contribution in [-0.4, -0.2) is 30.8 Å². The van der Waals surface area contributed by atoms with Gasteiger partial charge in [0.15, 0.2) is 0 Å². The molecule has 0 aromatic rings. The van der Waals surface area contributed by atoms with Crippen LogP contribution in [0.5, 0.6) is 0 Å². The molecule has 11 heavy (non-hydrogen) atoms. The van der Waals surface area contributed by atoms with E-state index < -0.39 is 7.32 Å². The summed E-state index contributed by atoms with van der Waals surface area (Å²) in [5, 5.41) is 16.4. The van der Waals surface area contributed by atoms with E-state index in [4.69, 9.17) is 14.8 Å². The zero-order chi connectivity index (χ0) is 8.53. The van der Waals surface area contributed by atoms with Gasteiger partial charge in [-0.3, -0.25) is 0 Å². The minimum atomic E-state index is -1.72. The molecule has 0 aromatic heterocycles. The van der Waals surface area contributed by atoms with Crippen molar-refractivity contribution in [1.82, 2.24) is 0 Å². The molecule has 0 fully saturated rings. The fourth-order valence-corrected chi connectivity index (χ4v) is 0.622. The van der Waals surface area contributed by atoms with E-state index in [0.717, 1.165) is 19.3 Å². The zero-order valence-electron chi connectivity index (χ0n) is 6.82. The molecule has 0 radical (unpaired) electrons. The van der Waals surface area contributed by atoms with Crippen molar-refractivity contribution in [3.63, 3.8) is 0 Å². The molecule has 0 aliphatic rings. The molecule has 4 nitrogen and oxygen atoms in total. The molecule has 0 atom stereocenters. The molecule has 0 saturated carbocycles. The van der Waals surface area contributed by atoms with Gasteiger partial charge in [0.2, 0.25) is 0 Å². The first-order chi connectivity index (χ1) is 5.27. The van der Waals surface area contributed by atoms with E-state index in [-0.39, 0.29) is 6.79 Å². The van der Waals surface area contributed by atoms with E-state index in [1.54, 1.807) is 0 Å². The normalized spacial score (nSPS) is 10.1. The van der Waals surface area contributed by atoms with Gasteiger partial charge in [-0.1, -0.05) is 19.8 Å². The highest BCUT2D eigenvalue weighted by atomic mass is 16.7. The Morgan fingerprint density at radius 3 is 2.55 bits per heavy atom. The van der Waals surface area contributed by atoms with E-state index in [1.807, 2.05) is 0 Å². The third-order valence-corrected chi connectivity index (χ3v) is 1.19. The van der Waals surface area contributed by atoms with Crippen LogP contribution in [0, 0.1) is 0 Å². The van der Waals surface area contributed by atoms with E-state index in [9.17, 15) is 0 Å². The predicted octanol–water partition coefficient (Wildman–Crippen LogP) is 0.137. The molecule has 0 spiro atoms. The van der Waals surface area contributed by atoms with Gasteiger partial charge in [0, 0.05) is 6.61 Å². The fraction of sp³-hybridized carbons (Fsp3) is 1.00. The lowest BCUT2D eigenvalue weighted by atomic mass is 10.3. The second kappa shape index (κ2) is 8.01. The molecular formula is C6H15BO4. The van der Waals surface area contributed by atoms with Crippen LogP contribution in [0.15, 0.2) is 0 Å². The van der Waals surface area contributed by atoms with Crippen molar-refractivity contribution in [2.24, 2.45) is 0 Å². The van der Waals surface area contributed by atoms with Crippen LogP contribution in [-0.2, 0) is 9.39 Å². The fourth-order valence-electron chi connectivity index (χ4n) is 0.622. The van der Waals surface area contributed by atoms with Crippen molar-refractivity contribution in [3.05, 3.63) is 0 Å². The summed E-state index contributed by atoms with van der Waals surface area (Å²) >= 11 is 0. The van der Waals surface area contributed by atoms with Crippen molar-refractivity contribution in [1.29, 1.82) is 0 Å². The maximum absolute atomic E-state index is 8.21. The SMILES string of the molecule is CCCCCOCOB(O)O. The smallest absolute Gasteiger partial charge is 0.402 e. The monoisotopic (exact) mass is 162 g/mol. The van der Waals surface area contributed by atoms with E-state index in [1.165, 1.54) is 0 Å². The molecule has 2 N–H and O–H groups in total. The molecule has 66 valence electrons. The summed E-state index contributed by atoms with van der Waals surface area (Å²) in [4.78, 5) is 0. The van der Waals surface area contributed by atoms with Crippen LogP contribution in [0.4, 0.5) is 0 Å². The predicted molar refractivity (Wildman–Crippen MR) is 41.6 cm³/mol. The largest absolute Gasteiger partial charge is 0.635 e. The Labute approximate surface area is 67.3 Å². The number of hydrogen-bond donors (Lipinski definition) is 2. The van der Waals surface area contributed by atoms with Crippen molar-refractivity contribution in [2.45, 2.75) is 26.2 Å². The second-order valence-corrected chi connectivity index (χ2v) is 2.23. The van der Waals surface area contributed by atoms with Crippen LogP contribution in [0.2, 0.25) is 0 Å². The van der Waals surface area contributed by atoms with Crippen molar-refractivity contribution < 1.29 is 19.4 Å². The van der Waals surface area contributed by atoms with E-state index in [2.05, 4.69) is 11.6 Å². The van der Waals surface area contributed by atoms with Gasteiger partial charge >= 0.3 is 7.32 Å². The van der Waals surface area contributed by atoms with Gasteiger partial charge in [-0.05, 0) is 6.42 Å². The number of ether oxygens (including phenoxy) is 1. The summed E-state index contributed by atoms with van der Waals surface area (Å²) in [5.41, 5.74) is 0. The Kier molecular flexibility index (Phi) is 7.94. The highest BCUT2D eigenvalue weighted by Crippen LogP contribution is 1.93. The third kappa shape index (κ3) is 9.90. The molecule has 0 heterocycles. The molecule has 0 aliphatic carbocycles. The van der Waals surface area contributed by atoms with Gasteiger partial charge in [-0.15, -0.1) is 0 Å². The maximum atomic E-state index is 8.21. The first-order valence-corrected chi connectivity index (χ1v) is 3.83. The Morgan fingerprint density at radius 2 is 2.00 bits per heavy atom. The van der Waals surface area contributed by atoms with Gasteiger partial charge in [0.25, 0.3) is 0 Å². The van der Waals surface area contributed by atoms with Crippen LogP contribution < -0.4 is 0 Å². The van der Waals surface area contributed by atoms with Crippen molar-refractivity contribution in [3.8, 4) is 0 Å². The Morgan fingerprint density at radius 1 is 1.27 bits per heavy atom. The van der Waals surface area contributed by atoms with Gasteiger partial charge in [0.1, 0.15) is 6.79 Å². The highest BCUT2D eigenvalue weighted by molar-refractivity contribution is 6.32. The number of rotatable bonds is 7. The minimum Gasteiger partial charge on any atom is -0.402 e. The summed E-state index contributed by atoms with van der Waals surface area (Å²) in [7, 11) is -1.72. The quantitative estimate of drug-likeness (QED) is 0.317. The average molecular weight is 162 g/mol. The average Bonchev–Trinajstić information content (AvgIpc) is 1.96. The topological polar surface area (TPSA) is 58.9 Å². The van der Waals surface area contributed by atoms with Gasteiger partial charge in [-0.2, -0.15) is 0 Å². The molecule has 0 saturated heterocycles. The molecule has 0 rings (SSSR count). The van der Waals surface area contributed by atoms with Gasteiger partial charge in [-0.25, -0.2) is 0 Å². The van der Waals surface area contributed by atoms with Crippen LogP contribution >= 0.6 is 0 Å². The summed E-state index contributed by atoms with van der Waals surface area (Å²) in [6.07, 6.45) is 3.26. The first kappa shape index (κ1) is 10.9. The van der Waals surface area contributed by atoms with Crippen LogP contribution in [0.25, 0.3) is 0 Å². The highest BCUT2D eigenvalue weighted by Gasteiger charge is 2.06. The molecule has 0 aliphatic heterocycles. The number of unbranched alkanes of at least 4 members (excludes halogenated alkanes) is 2. The van der Waals surface area contributed by atoms with E-state index >= 15 is 0 Å². The maximum Gasteiger partial charge on any atom is 0.635 e. The molecular weight excluding hydrogens is 147 g/mol. The number of hydrogen-bond acceptors (Lipinski definition) is 4. The Hall–Kier alpha value is -0.0951. The van der Waals surface area contributed by atoms with Gasteiger partial charge in [0.05, 0.1) is 0 Å². The summed E-state index contributed by atoms with van der Waals surface area (Å²) in [6, 6.07) is 0. The Balaban J connectivity index is 2.80. The lowest BCUT2D eigenvalue weighted by Crippen LogP contribution is -2.18. The lowest BCUT2D eigenvalue weighted by Gasteiger charge is -2.03. The van der Waals surface area contributed by atoms with Crippen LogP contribution in [0.1, 0.15) is 26.2 Å². The molecule has 0 amide bonds. The molecule has 0 unspecified atom stereocenters. The second-order valence-electron chi connectivity index (χ2n) is 2.23. The lowest BCUT2D eigenvalue weighted by molar-refractivity contribution is -0.0120. The molecule has 5 heteroatoms. The summed E-state index contributed by atoms with van der Waals surface area (Å²) in [5.74, 6) is 0. The zero-order valence-corrected chi connectivity index (χ0v) is 6.82. The molecule has 0 bridgehead atoms. The summed E-state index contributed by atoms with van der Waals surface area (Å²) in [6.45, 7) is 2.66. The molecule has 0 aromatic carbocycles.